The van der Waals surface area contributed by atoms with E-state index < -0.39 is 17.4 Å². The van der Waals surface area contributed by atoms with Gasteiger partial charge in [-0.1, -0.05) is 26.0 Å². The van der Waals surface area contributed by atoms with Crippen molar-refractivity contribution in [3.63, 3.8) is 0 Å². The number of allylic oxidation sites excluding steroid dienone is 1. The van der Waals surface area contributed by atoms with Crippen LogP contribution in [0.2, 0.25) is 0 Å². The van der Waals surface area contributed by atoms with Gasteiger partial charge in [0, 0.05) is 36.7 Å². The molecule has 4 unspecified atom stereocenters. The summed E-state index contributed by atoms with van der Waals surface area (Å²) in [5, 5.41) is 9.21. The summed E-state index contributed by atoms with van der Waals surface area (Å²) in [4.78, 5) is 26.2. The summed E-state index contributed by atoms with van der Waals surface area (Å²) in [5.41, 5.74) is 7.12. The molecule has 176 valence electrons. The van der Waals surface area contributed by atoms with Gasteiger partial charge in [0.1, 0.15) is 5.82 Å². The minimum atomic E-state index is -1.56. The van der Waals surface area contributed by atoms with Gasteiger partial charge in [-0.2, -0.15) is 0 Å². The second-order valence-electron chi connectivity index (χ2n) is 10.1. The Morgan fingerprint density at radius 2 is 1.94 bits per heavy atom. The van der Waals surface area contributed by atoms with E-state index >= 15 is 4.39 Å². The summed E-state index contributed by atoms with van der Waals surface area (Å²) >= 11 is 0. The number of nitrogens with zero attached hydrogens (tertiary/aromatic N) is 2. The van der Waals surface area contributed by atoms with Gasteiger partial charge in [0.05, 0.1) is 22.8 Å². The van der Waals surface area contributed by atoms with E-state index in [0.717, 1.165) is 12.8 Å². The third-order valence-corrected chi connectivity index (χ3v) is 7.65. The zero-order chi connectivity index (χ0) is 23.6. The Labute approximate surface area is 191 Å². The molecule has 0 bridgehead atoms. The van der Waals surface area contributed by atoms with Crippen LogP contribution >= 0.6 is 0 Å². The SMILES string of the molecule is Cc1c(F)c(N2CC3C(N)C=CC(C(C)C)C3C2)cc2c1c(=O)c(OC(=O)O)cn2C1CC1. The molecular weight excluding hydrogens is 425 g/mol. The predicted octanol–water partition coefficient (Wildman–Crippen LogP) is 4.06. The number of nitrogens with two attached hydrogens (primary N) is 1. The molecule has 0 spiro atoms. The van der Waals surface area contributed by atoms with Gasteiger partial charge >= 0.3 is 6.16 Å². The summed E-state index contributed by atoms with van der Waals surface area (Å²) < 4.78 is 22.4. The second-order valence-corrected chi connectivity index (χ2v) is 10.1. The average molecular weight is 456 g/mol. The van der Waals surface area contributed by atoms with Crippen molar-refractivity contribution in [3.8, 4) is 5.75 Å². The van der Waals surface area contributed by atoms with Crippen LogP contribution in [0.1, 0.15) is 38.3 Å². The van der Waals surface area contributed by atoms with E-state index in [4.69, 9.17) is 15.6 Å². The fourth-order valence-corrected chi connectivity index (χ4v) is 5.80. The second kappa shape index (κ2) is 7.87. The average Bonchev–Trinajstić information content (AvgIpc) is 3.49. The topological polar surface area (TPSA) is 97.8 Å². The molecule has 1 saturated heterocycles. The lowest BCUT2D eigenvalue weighted by Gasteiger charge is -2.34. The monoisotopic (exact) mass is 455 g/mol. The van der Waals surface area contributed by atoms with Gasteiger partial charge < -0.3 is 25.0 Å². The van der Waals surface area contributed by atoms with Crippen molar-refractivity contribution < 1.29 is 19.0 Å². The summed E-state index contributed by atoms with van der Waals surface area (Å²) in [6, 6.07) is 1.84. The van der Waals surface area contributed by atoms with Crippen molar-refractivity contribution >= 4 is 22.7 Å². The van der Waals surface area contributed by atoms with E-state index in [0.29, 0.717) is 42.0 Å². The first-order valence-electron chi connectivity index (χ1n) is 11.6. The first-order valence-corrected chi connectivity index (χ1v) is 11.6. The van der Waals surface area contributed by atoms with Gasteiger partial charge in [0.2, 0.25) is 5.43 Å². The van der Waals surface area contributed by atoms with Gasteiger partial charge in [0.25, 0.3) is 0 Å². The summed E-state index contributed by atoms with van der Waals surface area (Å²) in [7, 11) is 0. The molecule has 0 radical (unpaired) electrons. The minimum absolute atomic E-state index is 0.0556. The van der Waals surface area contributed by atoms with Crippen molar-refractivity contribution in [2.45, 2.75) is 45.7 Å². The maximum Gasteiger partial charge on any atom is 0.511 e. The third kappa shape index (κ3) is 3.60. The lowest BCUT2D eigenvalue weighted by atomic mass is 9.71. The summed E-state index contributed by atoms with van der Waals surface area (Å²) in [6.45, 7) is 7.36. The van der Waals surface area contributed by atoms with Crippen molar-refractivity contribution in [2.24, 2.45) is 29.4 Å². The number of carboxylic acid groups (broad SMARTS) is 1. The van der Waals surface area contributed by atoms with E-state index in [1.54, 1.807) is 13.0 Å². The molecule has 1 aromatic heterocycles. The van der Waals surface area contributed by atoms with E-state index in [2.05, 4.69) is 30.9 Å². The summed E-state index contributed by atoms with van der Waals surface area (Å²) in [5.74, 6) is 0.714. The number of hydrogen-bond acceptors (Lipinski definition) is 5. The Hall–Kier alpha value is -2.87. The van der Waals surface area contributed by atoms with Gasteiger partial charge in [0.15, 0.2) is 5.75 Å². The molecule has 7 nitrogen and oxygen atoms in total. The molecule has 8 heteroatoms. The van der Waals surface area contributed by atoms with Crippen molar-refractivity contribution in [2.75, 3.05) is 18.0 Å². The fourth-order valence-electron chi connectivity index (χ4n) is 5.80. The Morgan fingerprint density at radius 1 is 1.24 bits per heavy atom. The van der Waals surface area contributed by atoms with Gasteiger partial charge in [-0.15, -0.1) is 0 Å². The minimum Gasteiger partial charge on any atom is -0.449 e. The van der Waals surface area contributed by atoms with Crippen LogP contribution in [0.4, 0.5) is 14.9 Å². The molecule has 3 N–H and O–H groups in total. The van der Waals surface area contributed by atoms with Crippen LogP contribution in [-0.4, -0.2) is 35.0 Å². The van der Waals surface area contributed by atoms with Crippen LogP contribution in [0, 0.1) is 36.4 Å². The number of pyridine rings is 1. The molecule has 33 heavy (non-hydrogen) atoms. The number of ether oxygens (including phenoxy) is 1. The quantitative estimate of drug-likeness (QED) is 0.533. The smallest absolute Gasteiger partial charge is 0.449 e. The standard InChI is InChI=1S/C25H30FN3O4/c1-12(2)15-6-7-18(27)17-10-28(9-16(15)17)20-8-19-22(13(3)23(20)26)24(30)21(33-25(31)32)11-29(19)14-4-5-14/h6-8,11-12,14-18H,4-5,9-10,27H2,1-3H3,(H,31,32). The van der Waals surface area contributed by atoms with Crippen LogP contribution in [0.15, 0.2) is 29.2 Å². The number of anilines is 1. The maximum absolute atomic E-state index is 15.7. The summed E-state index contributed by atoms with van der Waals surface area (Å²) in [6.07, 6.45) is 6.04. The maximum atomic E-state index is 15.7. The van der Waals surface area contributed by atoms with Crippen LogP contribution in [0.5, 0.6) is 5.75 Å². The molecule has 1 saturated carbocycles. The van der Waals surface area contributed by atoms with Crippen molar-refractivity contribution in [1.82, 2.24) is 4.57 Å². The van der Waals surface area contributed by atoms with E-state index in [-0.39, 0.29) is 34.7 Å². The molecule has 3 aliphatic rings. The highest BCUT2D eigenvalue weighted by Crippen LogP contribution is 2.44. The molecule has 1 aromatic carbocycles. The third-order valence-electron chi connectivity index (χ3n) is 7.65. The van der Waals surface area contributed by atoms with Crippen LogP contribution in [0.3, 0.4) is 0 Å². The number of rotatable bonds is 4. The van der Waals surface area contributed by atoms with Crippen LogP contribution in [0.25, 0.3) is 10.9 Å². The number of aromatic nitrogens is 1. The molecule has 0 amide bonds. The number of carbonyl (C=O) groups is 1. The van der Waals surface area contributed by atoms with Crippen molar-refractivity contribution in [3.05, 3.63) is 46.0 Å². The Kier molecular flexibility index (Phi) is 5.23. The Morgan fingerprint density at radius 3 is 2.58 bits per heavy atom. The fraction of sp³-hybridized carbons (Fsp3) is 0.520. The normalized spacial score (nSPS) is 26.8. The number of aryl methyl sites for hydroxylation is 1. The molecule has 1 aliphatic heterocycles. The highest BCUT2D eigenvalue weighted by molar-refractivity contribution is 5.88. The molecule has 4 atom stereocenters. The number of fused-ring (bicyclic) bond motifs is 2. The van der Waals surface area contributed by atoms with Gasteiger partial charge in [-0.25, -0.2) is 9.18 Å². The van der Waals surface area contributed by atoms with Crippen LogP contribution in [-0.2, 0) is 0 Å². The van der Waals surface area contributed by atoms with E-state index in [1.807, 2.05) is 4.57 Å². The van der Waals surface area contributed by atoms with Gasteiger partial charge in [-0.05, 0) is 43.6 Å². The highest BCUT2D eigenvalue weighted by Gasteiger charge is 2.43. The number of benzene rings is 1. The zero-order valence-electron chi connectivity index (χ0n) is 19.1. The highest BCUT2D eigenvalue weighted by atomic mass is 19.1. The van der Waals surface area contributed by atoms with Crippen molar-refractivity contribution in [1.29, 1.82) is 0 Å². The zero-order valence-corrected chi connectivity index (χ0v) is 19.1. The molecule has 2 aromatic rings. The van der Waals surface area contributed by atoms with Crippen LogP contribution < -0.4 is 20.8 Å². The van der Waals surface area contributed by atoms with E-state index in [1.165, 1.54) is 6.20 Å². The predicted molar refractivity (Wildman–Crippen MR) is 124 cm³/mol. The Balaban J connectivity index is 1.62. The number of halogens is 1. The lowest BCUT2D eigenvalue weighted by molar-refractivity contribution is 0.143. The first kappa shape index (κ1) is 21.9. The Bertz CT molecular complexity index is 1220. The molecule has 2 fully saturated rings. The molecule has 2 heterocycles. The molecule has 5 rings (SSSR count). The largest absolute Gasteiger partial charge is 0.511 e. The van der Waals surface area contributed by atoms with Gasteiger partial charge in [-0.3, -0.25) is 4.79 Å². The molecule has 2 aliphatic carbocycles. The first-order chi connectivity index (χ1) is 15.7. The lowest BCUT2D eigenvalue weighted by Crippen LogP contribution is -2.40. The number of hydrogen-bond donors (Lipinski definition) is 2. The molecular formula is C25H30FN3O4. The van der Waals surface area contributed by atoms with E-state index in [9.17, 15) is 9.59 Å².